The molecule has 3 aromatic heterocycles. The molecule has 0 radical (unpaired) electrons. The first-order valence-corrected chi connectivity index (χ1v) is 18.5. The quantitative estimate of drug-likeness (QED) is 0.160. The Bertz CT molecular complexity index is 2980. The molecule has 0 atom stereocenters. The molecule has 2 aliphatic heterocycles. The fraction of sp³-hybridized carbons (Fsp3) is 0.267. The number of aromatic carboxylic acids is 1. The van der Waals surface area contributed by atoms with Gasteiger partial charge in [-0.05, 0) is 84.8 Å². The van der Waals surface area contributed by atoms with E-state index in [1.54, 1.807) is 18.2 Å². The van der Waals surface area contributed by atoms with Crippen molar-refractivity contribution in [1.82, 2.24) is 39.9 Å². The molecule has 274 valence electrons. The van der Waals surface area contributed by atoms with Gasteiger partial charge in [-0.25, -0.2) is 14.8 Å². The van der Waals surface area contributed by atoms with Crippen molar-refractivity contribution in [3.05, 3.63) is 95.1 Å². The summed E-state index contributed by atoms with van der Waals surface area (Å²) in [4.78, 5) is 52.7. The van der Waals surface area contributed by atoms with Crippen LogP contribution in [-0.4, -0.2) is 41.0 Å². The second-order valence-corrected chi connectivity index (χ2v) is 17.6. The zero-order valence-electron chi connectivity index (χ0n) is 33.1. The molecule has 0 aliphatic carbocycles. The first kappa shape index (κ1) is 37.3. The van der Waals surface area contributed by atoms with Gasteiger partial charge >= 0.3 is 25.4 Å². The first-order valence-electron chi connectivity index (χ1n) is 18.5. The van der Waals surface area contributed by atoms with Gasteiger partial charge in [0, 0.05) is 44.8 Å². The largest absolute Gasteiger partial charge is 2.00 e. The number of carboxylic acid groups (broad SMARTS) is 1. The zero-order chi connectivity index (χ0) is 38.8. The standard InChI is InChI=1S/C45H41N8O2.Zn/c1-43(2,3)23-11-15-27-31(19-23)39-49-34-26-14-10-22(42(54)55)18-30(26)38(47-34)48-37-29-17-13-25(45(7,8)9)21-33(29)41(52-37)53-40-32-20-24(44(4,5)6)12-16-28(32)36(51-40)46-35(27)50-39;/h10-21H,1-9H3,(H2-,46,47,48,49,50,51,52,53,54,55);/q-1;+2/p-1. The molecule has 8 bridgehead atoms. The van der Waals surface area contributed by atoms with Crippen LogP contribution in [0.2, 0.25) is 0 Å². The number of hydrogen-bond donors (Lipinski definition) is 1. The van der Waals surface area contributed by atoms with Crippen LogP contribution >= 0.6 is 0 Å². The number of benzene rings is 4. The van der Waals surface area contributed by atoms with Gasteiger partial charge in [0.15, 0.2) is 0 Å². The van der Waals surface area contributed by atoms with Gasteiger partial charge in [0.1, 0.15) is 0 Å². The van der Waals surface area contributed by atoms with Crippen LogP contribution in [0.5, 0.6) is 0 Å². The maximum Gasteiger partial charge on any atom is 2.00 e. The number of nitrogens with zero attached hydrogens (tertiary/aromatic N) is 8. The first-order chi connectivity index (χ1) is 25.9. The molecule has 9 rings (SSSR count). The smallest absolute Gasteiger partial charge is 0.478 e. The number of hydrogen-bond acceptors (Lipinski definition) is 7. The summed E-state index contributed by atoms with van der Waals surface area (Å²) in [5.41, 5.74) is 7.84. The van der Waals surface area contributed by atoms with E-state index in [0.29, 0.717) is 57.0 Å². The van der Waals surface area contributed by atoms with Gasteiger partial charge in [-0.1, -0.05) is 105 Å². The van der Waals surface area contributed by atoms with Gasteiger partial charge in [0.05, 0.1) is 28.9 Å². The summed E-state index contributed by atoms with van der Waals surface area (Å²) in [6, 6.07) is 23.8. The SMILES string of the molecule is CC(C)(C)c1ccc2c(c1)-c1nc-2nc2[n-]c(nc3nc(nc4[n-]c(n1)c1cc(C(C)(C)C)ccc41)-c1cc(C(=O)O)ccc1-3)c1cc(C(C)(C)C)ccc21.[Zn+2]. The summed E-state index contributed by atoms with van der Waals surface area (Å²) in [7, 11) is 0. The van der Waals surface area contributed by atoms with Crippen LogP contribution in [-0.2, 0) is 35.7 Å². The maximum atomic E-state index is 12.2. The molecule has 10 nitrogen and oxygen atoms in total. The predicted octanol–water partition coefficient (Wildman–Crippen LogP) is 9.72. The van der Waals surface area contributed by atoms with Crippen LogP contribution in [0.1, 0.15) is 89.4 Å². The molecule has 4 aromatic carbocycles. The Morgan fingerprint density at radius 1 is 0.446 bits per heavy atom. The molecule has 56 heavy (non-hydrogen) atoms. The van der Waals surface area contributed by atoms with Crippen molar-refractivity contribution in [2.45, 2.75) is 78.6 Å². The fourth-order valence-corrected chi connectivity index (χ4v) is 7.20. The van der Waals surface area contributed by atoms with Crippen LogP contribution in [0.3, 0.4) is 0 Å². The molecular weight excluding hydrogens is 750 g/mol. The minimum Gasteiger partial charge on any atom is -0.478 e. The van der Waals surface area contributed by atoms with Crippen LogP contribution in [0.25, 0.3) is 89.7 Å². The number of fused-ring (bicyclic) bond motifs is 20. The van der Waals surface area contributed by atoms with E-state index in [1.165, 1.54) is 0 Å². The van der Waals surface area contributed by atoms with E-state index in [-0.39, 0.29) is 41.3 Å². The average Bonchev–Trinajstić information content (AvgIpc) is 3.85. The minimum atomic E-state index is -1.05. The predicted molar refractivity (Wildman–Crippen MR) is 217 cm³/mol. The Morgan fingerprint density at radius 2 is 0.804 bits per heavy atom. The number of aromatic nitrogens is 8. The number of carbonyl (C=O) groups is 1. The third-order valence-electron chi connectivity index (χ3n) is 10.5. The van der Waals surface area contributed by atoms with E-state index >= 15 is 0 Å². The fourth-order valence-electron chi connectivity index (χ4n) is 7.20. The molecule has 0 spiro atoms. The van der Waals surface area contributed by atoms with Gasteiger partial charge in [0.2, 0.25) is 0 Å². The number of carboxylic acids is 1. The Balaban J connectivity index is 0.00000441. The molecule has 2 aliphatic rings. The average molecular weight is 790 g/mol. The Hall–Kier alpha value is -5.67. The van der Waals surface area contributed by atoms with Gasteiger partial charge < -0.3 is 35.0 Å². The van der Waals surface area contributed by atoms with Crippen molar-refractivity contribution in [2.24, 2.45) is 0 Å². The summed E-state index contributed by atoms with van der Waals surface area (Å²) in [6.07, 6.45) is 0. The summed E-state index contributed by atoms with van der Waals surface area (Å²) in [5.74, 6) is 0.629. The molecule has 5 heterocycles. The van der Waals surface area contributed by atoms with Gasteiger partial charge in [0.25, 0.3) is 0 Å². The molecule has 0 amide bonds. The summed E-state index contributed by atoms with van der Waals surface area (Å²) >= 11 is 0. The third-order valence-corrected chi connectivity index (χ3v) is 10.5. The summed E-state index contributed by atoms with van der Waals surface area (Å²) in [6.45, 7) is 19.6. The van der Waals surface area contributed by atoms with Gasteiger partial charge in [-0.15, -0.1) is 0 Å². The molecule has 0 saturated heterocycles. The topological polar surface area (TPSA) is 143 Å². The van der Waals surface area contributed by atoms with Crippen LogP contribution < -0.4 is 9.97 Å². The van der Waals surface area contributed by atoms with E-state index in [1.807, 2.05) is 12.1 Å². The molecule has 11 heteroatoms. The van der Waals surface area contributed by atoms with E-state index < -0.39 is 5.97 Å². The molecule has 7 aromatic rings. The van der Waals surface area contributed by atoms with E-state index in [2.05, 4.69) is 105 Å². The number of rotatable bonds is 1. The summed E-state index contributed by atoms with van der Waals surface area (Å²) in [5, 5.41) is 13.2. The van der Waals surface area contributed by atoms with Crippen molar-refractivity contribution in [3.63, 3.8) is 0 Å². The normalized spacial score (nSPS) is 12.7. The van der Waals surface area contributed by atoms with Crippen molar-refractivity contribution >= 4 is 50.1 Å². The Labute approximate surface area is 337 Å². The zero-order valence-corrected chi connectivity index (χ0v) is 36.0. The van der Waals surface area contributed by atoms with Crippen molar-refractivity contribution in [3.8, 4) is 45.6 Å². The van der Waals surface area contributed by atoms with Crippen LogP contribution in [0.4, 0.5) is 0 Å². The molecular formula is C45H40N8O2Zn. The van der Waals surface area contributed by atoms with E-state index in [9.17, 15) is 9.90 Å². The van der Waals surface area contributed by atoms with E-state index in [4.69, 9.17) is 39.9 Å². The molecule has 0 unspecified atom stereocenters. The van der Waals surface area contributed by atoms with E-state index in [0.717, 1.165) is 49.4 Å². The minimum absolute atomic E-state index is 0. The van der Waals surface area contributed by atoms with Gasteiger partial charge in [-0.2, -0.15) is 0 Å². The Kier molecular flexibility index (Phi) is 8.44. The van der Waals surface area contributed by atoms with Crippen molar-refractivity contribution in [2.75, 3.05) is 0 Å². The third kappa shape index (κ3) is 6.18. The maximum absolute atomic E-state index is 12.2. The summed E-state index contributed by atoms with van der Waals surface area (Å²) < 4.78 is 0. The second kappa shape index (κ2) is 12.7. The second-order valence-electron chi connectivity index (χ2n) is 17.6. The monoisotopic (exact) mass is 788 g/mol. The van der Waals surface area contributed by atoms with Crippen LogP contribution in [0, 0.1) is 0 Å². The van der Waals surface area contributed by atoms with Crippen LogP contribution in [0.15, 0.2) is 72.8 Å². The van der Waals surface area contributed by atoms with Crippen molar-refractivity contribution in [1.29, 1.82) is 0 Å². The van der Waals surface area contributed by atoms with Crippen molar-refractivity contribution < 1.29 is 29.4 Å². The molecule has 0 saturated carbocycles. The van der Waals surface area contributed by atoms with Gasteiger partial charge in [-0.3, -0.25) is 0 Å². The Morgan fingerprint density at radius 3 is 1.23 bits per heavy atom. The molecule has 1 N–H and O–H groups in total. The molecule has 0 fully saturated rings.